The first-order chi connectivity index (χ1) is 14.0. The second-order valence-electron chi connectivity index (χ2n) is 8.17. The fourth-order valence-electron chi connectivity index (χ4n) is 2.98. The van der Waals surface area contributed by atoms with Gasteiger partial charge in [-0.05, 0) is 63.1 Å². The molecular weight excluding hydrogens is 423 g/mol. The molecule has 2 amide bonds. The van der Waals surface area contributed by atoms with Crippen molar-refractivity contribution in [3.8, 4) is 5.75 Å². The standard InChI is InChI=1S/C23H28Cl2N2O3/c1-15(22(29)26-23(2,3)4)27(14-16-8-6-9-17(12-16)30-5)21(28)13-18-19(24)10-7-11-20(18)25/h6-12,15H,13-14H2,1-5H3,(H,26,29)/t15-/m0/s1. The zero-order valence-electron chi connectivity index (χ0n) is 18.0. The van der Waals surface area contributed by atoms with Crippen molar-refractivity contribution >= 4 is 35.0 Å². The summed E-state index contributed by atoms with van der Waals surface area (Å²) in [5.74, 6) is 0.203. The van der Waals surface area contributed by atoms with E-state index < -0.39 is 11.6 Å². The average Bonchev–Trinajstić information content (AvgIpc) is 2.67. The number of amides is 2. The van der Waals surface area contributed by atoms with Crippen LogP contribution in [0.25, 0.3) is 0 Å². The van der Waals surface area contributed by atoms with E-state index >= 15 is 0 Å². The van der Waals surface area contributed by atoms with E-state index in [0.717, 1.165) is 5.56 Å². The van der Waals surface area contributed by atoms with Crippen molar-refractivity contribution in [2.24, 2.45) is 0 Å². The van der Waals surface area contributed by atoms with E-state index in [9.17, 15) is 9.59 Å². The molecule has 0 radical (unpaired) electrons. The van der Waals surface area contributed by atoms with Crippen molar-refractivity contribution in [3.63, 3.8) is 0 Å². The molecule has 162 valence electrons. The highest BCUT2D eigenvalue weighted by atomic mass is 35.5. The van der Waals surface area contributed by atoms with Gasteiger partial charge in [-0.1, -0.05) is 41.4 Å². The third-order valence-corrected chi connectivity index (χ3v) is 5.25. The SMILES string of the molecule is COc1cccc(CN(C(=O)Cc2c(Cl)cccc2Cl)[C@@H](C)C(=O)NC(C)(C)C)c1. The van der Waals surface area contributed by atoms with Gasteiger partial charge < -0.3 is 15.0 Å². The Morgan fingerprint density at radius 1 is 1.10 bits per heavy atom. The maximum absolute atomic E-state index is 13.3. The van der Waals surface area contributed by atoms with Crippen LogP contribution in [0, 0.1) is 0 Å². The number of hydrogen-bond acceptors (Lipinski definition) is 3. The van der Waals surface area contributed by atoms with Crippen molar-refractivity contribution < 1.29 is 14.3 Å². The third kappa shape index (κ3) is 6.64. The molecule has 1 atom stereocenters. The lowest BCUT2D eigenvalue weighted by Crippen LogP contribution is -2.52. The Bertz CT molecular complexity index is 889. The van der Waals surface area contributed by atoms with E-state index in [0.29, 0.717) is 21.4 Å². The predicted molar refractivity (Wildman–Crippen MR) is 121 cm³/mol. The molecule has 30 heavy (non-hydrogen) atoms. The van der Waals surface area contributed by atoms with Crippen molar-refractivity contribution in [2.45, 2.75) is 52.2 Å². The fourth-order valence-corrected chi connectivity index (χ4v) is 3.51. The molecule has 0 aliphatic carbocycles. The molecule has 2 aromatic carbocycles. The lowest BCUT2D eigenvalue weighted by molar-refractivity contribution is -0.140. The van der Waals surface area contributed by atoms with Crippen LogP contribution in [0.3, 0.4) is 0 Å². The van der Waals surface area contributed by atoms with E-state index in [1.54, 1.807) is 32.2 Å². The molecule has 5 nitrogen and oxygen atoms in total. The molecule has 0 spiro atoms. The highest BCUT2D eigenvalue weighted by molar-refractivity contribution is 6.36. The lowest BCUT2D eigenvalue weighted by Gasteiger charge is -2.31. The summed E-state index contributed by atoms with van der Waals surface area (Å²) in [5.41, 5.74) is 0.982. The first-order valence-corrected chi connectivity index (χ1v) is 10.4. The number of benzene rings is 2. The van der Waals surface area contributed by atoms with Crippen molar-refractivity contribution in [1.82, 2.24) is 10.2 Å². The summed E-state index contributed by atoms with van der Waals surface area (Å²) in [6.07, 6.45) is -0.00435. The molecule has 0 bridgehead atoms. The number of halogens is 2. The average molecular weight is 451 g/mol. The Kier molecular flexibility index (Phi) is 8.16. The second kappa shape index (κ2) is 10.2. The first-order valence-electron chi connectivity index (χ1n) is 9.69. The van der Waals surface area contributed by atoms with E-state index in [-0.39, 0.29) is 24.8 Å². The van der Waals surface area contributed by atoms with Gasteiger partial charge in [0.25, 0.3) is 0 Å². The number of rotatable bonds is 7. The smallest absolute Gasteiger partial charge is 0.242 e. The first kappa shape index (κ1) is 24.0. The Morgan fingerprint density at radius 2 is 1.70 bits per heavy atom. The molecule has 0 fully saturated rings. The van der Waals surface area contributed by atoms with Gasteiger partial charge in [0.15, 0.2) is 0 Å². The second-order valence-corrected chi connectivity index (χ2v) is 8.98. The molecule has 0 aliphatic heterocycles. The summed E-state index contributed by atoms with van der Waals surface area (Å²) in [5, 5.41) is 3.78. The minimum Gasteiger partial charge on any atom is -0.497 e. The van der Waals surface area contributed by atoms with Gasteiger partial charge in [0.05, 0.1) is 13.5 Å². The van der Waals surface area contributed by atoms with Gasteiger partial charge in [0, 0.05) is 22.1 Å². The maximum atomic E-state index is 13.3. The molecule has 0 saturated heterocycles. The number of carbonyl (C=O) groups excluding carboxylic acids is 2. The van der Waals surface area contributed by atoms with Crippen molar-refractivity contribution in [3.05, 3.63) is 63.6 Å². The van der Waals surface area contributed by atoms with E-state index in [4.69, 9.17) is 27.9 Å². The number of ether oxygens (including phenoxy) is 1. The summed E-state index contributed by atoms with van der Waals surface area (Å²) < 4.78 is 5.28. The van der Waals surface area contributed by atoms with Gasteiger partial charge in [0.2, 0.25) is 11.8 Å². The van der Waals surface area contributed by atoms with Crippen molar-refractivity contribution in [2.75, 3.05) is 7.11 Å². The minimum atomic E-state index is -0.691. The van der Waals surface area contributed by atoms with Crippen LogP contribution >= 0.6 is 23.2 Å². The number of hydrogen-bond donors (Lipinski definition) is 1. The van der Waals surface area contributed by atoms with Gasteiger partial charge in [0.1, 0.15) is 11.8 Å². The van der Waals surface area contributed by atoms with Gasteiger partial charge in [-0.3, -0.25) is 9.59 Å². The Labute approximate surface area is 188 Å². The summed E-state index contributed by atoms with van der Waals surface area (Å²) >= 11 is 12.5. The number of carbonyl (C=O) groups is 2. The van der Waals surface area contributed by atoms with E-state index in [2.05, 4.69) is 5.32 Å². The third-order valence-electron chi connectivity index (χ3n) is 4.54. The minimum absolute atomic E-state index is 0.00435. The van der Waals surface area contributed by atoms with Crippen LogP contribution in [0.2, 0.25) is 10.0 Å². The van der Waals surface area contributed by atoms with Crippen LogP contribution < -0.4 is 10.1 Å². The highest BCUT2D eigenvalue weighted by Crippen LogP contribution is 2.26. The zero-order chi connectivity index (χ0) is 22.5. The maximum Gasteiger partial charge on any atom is 0.242 e. The summed E-state index contributed by atoms with van der Waals surface area (Å²) in [6, 6.07) is 11.8. The number of nitrogens with one attached hydrogen (secondary N) is 1. The summed E-state index contributed by atoms with van der Waals surface area (Å²) in [4.78, 5) is 27.6. The Hall–Kier alpha value is -2.24. The predicted octanol–water partition coefficient (Wildman–Crippen LogP) is 4.88. The van der Waals surface area contributed by atoms with Gasteiger partial charge in [-0.15, -0.1) is 0 Å². The van der Waals surface area contributed by atoms with Crippen molar-refractivity contribution in [1.29, 1.82) is 0 Å². The number of nitrogens with zero attached hydrogens (tertiary/aromatic N) is 1. The van der Waals surface area contributed by atoms with E-state index in [1.807, 2.05) is 45.0 Å². The molecule has 1 N–H and O–H groups in total. The molecule has 0 aromatic heterocycles. The molecule has 2 aromatic rings. The van der Waals surface area contributed by atoms with Gasteiger partial charge in [-0.25, -0.2) is 0 Å². The molecule has 0 aliphatic rings. The van der Waals surface area contributed by atoms with Crippen LogP contribution in [-0.4, -0.2) is 35.4 Å². The molecular formula is C23H28Cl2N2O3. The van der Waals surface area contributed by atoms with Gasteiger partial charge in [-0.2, -0.15) is 0 Å². The molecule has 0 unspecified atom stereocenters. The topological polar surface area (TPSA) is 58.6 Å². The molecule has 7 heteroatoms. The fraction of sp³-hybridized carbons (Fsp3) is 0.391. The summed E-state index contributed by atoms with van der Waals surface area (Å²) in [7, 11) is 1.58. The molecule has 0 saturated carbocycles. The van der Waals surface area contributed by atoms with Crippen LogP contribution in [0.4, 0.5) is 0 Å². The Morgan fingerprint density at radius 3 is 2.27 bits per heavy atom. The normalized spacial score (nSPS) is 12.2. The monoisotopic (exact) mass is 450 g/mol. The summed E-state index contributed by atoms with van der Waals surface area (Å²) in [6.45, 7) is 7.66. The zero-order valence-corrected chi connectivity index (χ0v) is 19.5. The molecule has 2 rings (SSSR count). The molecule has 0 heterocycles. The lowest BCUT2D eigenvalue weighted by atomic mass is 10.1. The van der Waals surface area contributed by atoms with Gasteiger partial charge >= 0.3 is 0 Å². The van der Waals surface area contributed by atoms with Crippen LogP contribution in [0.5, 0.6) is 5.75 Å². The largest absolute Gasteiger partial charge is 0.497 e. The van der Waals surface area contributed by atoms with Crippen LogP contribution in [0.1, 0.15) is 38.8 Å². The van der Waals surface area contributed by atoms with E-state index in [1.165, 1.54) is 4.90 Å². The Balaban J connectivity index is 2.33. The highest BCUT2D eigenvalue weighted by Gasteiger charge is 2.29. The number of methoxy groups -OCH3 is 1. The van der Waals surface area contributed by atoms with Crippen LogP contribution in [-0.2, 0) is 22.6 Å². The quantitative estimate of drug-likeness (QED) is 0.653. The van der Waals surface area contributed by atoms with Crippen LogP contribution in [0.15, 0.2) is 42.5 Å².